The van der Waals surface area contributed by atoms with Crippen LogP contribution in [0.5, 0.6) is 5.75 Å². The zero-order valence-corrected chi connectivity index (χ0v) is 17.3. The molecular weight excluding hydrogens is 396 g/mol. The zero-order valence-electron chi connectivity index (χ0n) is 17.3. The van der Waals surface area contributed by atoms with Crippen LogP contribution in [0.4, 0.5) is 0 Å². The molecule has 0 saturated carbocycles. The highest BCUT2D eigenvalue weighted by Gasteiger charge is 2.36. The zero-order chi connectivity index (χ0) is 22.0. The second-order valence-electron chi connectivity index (χ2n) is 7.38. The summed E-state index contributed by atoms with van der Waals surface area (Å²) in [6, 6.07) is 15.7. The third-order valence-electron chi connectivity index (χ3n) is 5.24. The Morgan fingerprint density at radius 2 is 1.81 bits per heavy atom. The number of carbonyl (C=O) groups is 3. The molecule has 3 aromatic rings. The molecule has 0 spiro atoms. The lowest BCUT2D eigenvalue weighted by Crippen LogP contribution is -2.31. The van der Waals surface area contributed by atoms with Crippen molar-refractivity contribution in [3.63, 3.8) is 0 Å². The highest BCUT2D eigenvalue weighted by Crippen LogP contribution is 2.26. The highest BCUT2D eigenvalue weighted by molar-refractivity contribution is 6.22. The molecule has 0 unspecified atom stereocenters. The summed E-state index contributed by atoms with van der Waals surface area (Å²) in [5.74, 6) is 0.216. The monoisotopic (exact) mass is 418 g/mol. The molecule has 0 bridgehead atoms. The van der Waals surface area contributed by atoms with E-state index in [9.17, 15) is 14.4 Å². The minimum Gasteiger partial charge on any atom is -0.491 e. The van der Waals surface area contributed by atoms with Crippen LogP contribution in [0.2, 0.25) is 0 Å². The van der Waals surface area contributed by atoms with Gasteiger partial charge in [-0.25, -0.2) is 0 Å². The average Bonchev–Trinajstić information content (AvgIpc) is 3.37. The number of hydrogen-bond acceptors (Lipinski definition) is 5. The van der Waals surface area contributed by atoms with Crippen molar-refractivity contribution in [1.82, 2.24) is 9.80 Å². The molecular formula is C24H22N2O5. The third kappa shape index (κ3) is 4.07. The molecule has 7 nitrogen and oxygen atoms in total. The lowest BCUT2D eigenvalue weighted by molar-refractivity contribution is 0.0631. The van der Waals surface area contributed by atoms with E-state index < -0.39 is 11.8 Å². The third-order valence-corrected chi connectivity index (χ3v) is 5.24. The van der Waals surface area contributed by atoms with E-state index >= 15 is 0 Å². The number of imide groups is 1. The van der Waals surface area contributed by atoms with Crippen molar-refractivity contribution in [3.05, 3.63) is 88.9 Å². The Labute approximate surface area is 179 Å². The van der Waals surface area contributed by atoms with Crippen LogP contribution in [0.3, 0.4) is 0 Å². The number of benzene rings is 2. The predicted octanol–water partition coefficient (Wildman–Crippen LogP) is 3.54. The Kier molecular flexibility index (Phi) is 5.58. The minimum atomic E-state index is -0.434. The van der Waals surface area contributed by atoms with E-state index in [4.69, 9.17) is 9.15 Å². The van der Waals surface area contributed by atoms with Crippen molar-refractivity contribution in [2.24, 2.45) is 0 Å². The Bertz CT molecular complexity index is 1140. The number of aryl methyl sites for hydroxylation is 1. The van der Waals surface area contributed by atoms with Gasteiger partial charge in [0.1, 0.15) is 18.1 Å². The summed E-state index contributed by atoms with van der Waals surface area (Å²) in [7, 11) is 1.67. The van der Waals surface area contributed by atoms with Gasteiger partial charge in [-0.2, -0.15) is 0 Å². The molecule has 0 aliphatic carbocycles. The maximum atomic E-state index is 12.8. The van der Waals surface area contributed by atoms with Crippen molar-refractivity contribution in [2.45, 2.75) is 13.5 Å². The number of likely N-dealkylation sites (N-methyl/N-ethyl adjacent to an activating group) is 1. The first-order chi connectivity index (χ1) is 15.0. The predicted molar refractivity (Wildman–Crippen MR) is 113 cm³/mol. The molecule has 0 radical (unpaired) electrons. The standard InChI is InChI=1S/C24H22N2O5/c1-16-6-3-4-8-21(16)31-13-11-25(2)22(27)17-9-10-19-20(14-17)24(29)26(23(19)28)15-18-7-5-12-30-18/h3-10,12,14H,11,13,15H2,1-2H3. The number of nitrogens with zero attached hydrogens (tertiary/aromatic N) is 2. The van der Waals surface area contributed by atoms with E-state index in [1.807, 2.05) is 31.2 Å². The second kappa shape index (κ2) is 8.47. The van der Waals surface area contributed by atoms with Crippen LogP contribution in [0.25, 0.3) is 0 Å². The Hall–Kier alpha value is -3.87. The highest BCUT2D eigenvalue weighted by atomic mass is 16.5. The van der Waals surface area contributed by atoms with Gasteiger partial charge >= 0.3 is 0 Å². The van der Waals surface area contributed by atoms with E-state index in [-0.39, 0.29) is 18.0 Å². The van der Waals surface area contributed by atoms with Crippen LogP contribution in [0.15, 0.2) is 65.3 Å². The lowest BCUT2D eigenvalue weighted by atomic mass is 10.0. The first-order valence-electron chi connectivity index (χ1n) is 9.92. The molecule has 158 valence electrons. The van der Waals surface area contributed by atoms with E-state index in [1.165, 1.54) is 23.3 Å². The number of rotatable bonds is 7. The first kappa shape index (κ1) is 20.4. The fourth-order valence-electron chi connectivity index (χ4n) is 3.46. The molecule has 31 heavy (non-hydrogen) atoms. The Balaban J connectivity index is 1.42. The molecule has 2 aromatic carbocycles. The fraction of sp³-hybridized carbons (Fsp3) is 0.208. The summed E-state index contributed by atoms with van der Waals surface area (Å²) in [4.78, 5) is 40.8. The fourth-order valence-corrected chi connectivity index (χ4v) is 3.46. The molecule has 3 amide bonds. The van der Waals surface area contributed by atoms with Crippen molar-refractivity contribution in [3.8, 4) is 5.75 Å². The largest absolute Gasteiger partial charge is 0.491 e. The summed E-state index contributed by atoms with van der Waals surface area (Å²) >= 11 is 0. The van der Waals surface area contributed by atoms with Gasteiger partial charge in [0.15, 0.2) is 0 Å². The van der Waals surface area contributed by atoms with Crippen LogP contribution < -0.4 is 4.74 Å². The summed E-state index contributed by atoms with van der Waals surface area (Å²) < 4.78 is 11.0. The van der Waals surface area contributed by atoms with Gasteiger partial charge in [-0.05, 0) is 48.9 Å². The molecule has 0 N–H and O–H groups in total. The normalized spacial score (nSPS) is 12.8. The van der Waals surface area contributed by atoms with Crippen molar-refractivity contribution < 1.29 is 23.5 Å². The van der Waals surface area contributed by atoms with Gasteiger partial charge in [-0.15, -0.1) is 0 Å². The topological polar surface area (TPSA) is 80.1 Å². The van der Waals surface area contributed by atoms with Crippen LogP contribution in [0, 0.1) is 6.92 Å². The summed E-state index contributed by atoms with van der Waals surface area (Å²) in [6.07, 6.45) is 1.49. The van der Waals surface area contributed by atoms with Crippen LogP contribution >= 0.6 is 0 Å². The number of fused-ring (bicyclic) bond motifs is 1. The van der Waals surface area contributed by atoms with Gasteiger partial charge in [0.25, 0.3) is 17.7 Å². The summed E-state index contributed by atoms with van der Waals surface area (Å²) in [5.41, 5.74) is 1.89. The first-order valence-corrected chi connectivity index (χ1v) is 9.92. The summed E-state index contributed by atoms with van der Waals surface area (Å²) in [5, 5.41) is 0. The van der Waals surface area contributed by atoms with Gasteiger partial charge in [-0.3, -0.25) is 19.3 Å². The number of carbonyl (C=O) groups excluding carboxylic acids is 3. The lowest BCUT2D eigenvalue weighted by Gasteiger charge is -2.18. The van der Waals surface area contributed by atoms with Crippen molar-refractivity contribution in [2.75, 3.05) is 20.2 Å². The Morgan fingerprint density at radius 1 is 1.03 bits per heavy atom. The molecule has 0 atom stereocenters. The Morgan fingerprint density at radius 3 is 2.55 bits per heavy atom. The van der Waals surface area contributed by atoms with Gasteiger partial charge in [0.05, 0.1) is 30.5 Å². The SMILES string of the molecule is Cc1ccccc1OCCN(C)C(=O)c1ccc2c(c1)C(=O)N(Cc1ccco1)C2=O. The smallest absolute Gasteiger partial charge is 0.261 e. The maximum absolute atomic E-state index is 12.8. The second-order valence-corrected chi connectivity index (χ2v) is 7.38. The molecule has 4 rings (SSSR count). The van der Waals surface area contributed by atoms with E-state index in [0.717, 1.165) is 16.2 Å². The maximum Gasteiger partial charge on any atom is 0.261 e. The number of hydrogen-bond donors (Lipinski definition) is 0. The molecule has 2 heterocycles. The van der Waals surface area contributed by atoms with E-state index in [2.05, 4.69) is 0 Å². The molecule has 1 aromatic heterocycles. The number of ether oxygens (including phenoxy) is 1. The van der Waals surface area contributed by atoms with Gasteiger partial charge in [0, 0.05) is 12.6 Å². The minimum absolute atomic E-state index is 0.0543. The molecule has 1 aliphatic rings. The summed E-state index contributed by atoms with van der Waals surface area (Å²) in [6.45, 7) is 2.73. The van der Waals surface area contributed by atoms with Crippen LogP contribution in [-0.4, -0.2) is 47.7 Å². The van der Waals surface area contributed by atoms with Crippen LogP contribution in [0.1, 0.15) is 42.4 Å². The van der Waals surface area contributed by atoms with E-state index in [0.29, 0.717) is 30.0 Å². The molecule has 7 heteroatoms. The van der Waals surface area contributed by atoms with Gasteiger partial charge < -0.3 is 14.1 Å². The molecule has 1 aliphatic heterocycles. The number of furan rings is 1. The van der Waals surface area contributed by atoms with Crippen molar-refractivity contribution >= 4 is 17.7 Å². The van der Waals surface area contributed by atoms with E-state index in [1.54, 1.807) is 25.2 Å². The number of para-hydroxylation sites is 1. The van der Waals surface area contributed by atoms with Gasteiger partial charge in [-0.1, -0.05) is 18.2 Å². The van der Waals surface area contributed by atoms with Crippen LogP contribution in [-0.2, 0) is 6.54 Å². The molecule has 0 fully saturated rings. The quantitative estimate of drug-likeness (QED) is 0.549. The van der Waals surface area contributed by atoms with Gasteiger partial charge in [0.2, 0.25) is 0 Å². The molecule has 0 saturated heterocycles. The average molecular weight is 418 g/mol. The number of amides is 3. The van der Waals surface area contributed by atoms with Crippen molar-refractivity contribution in [1.29, 1.82) is 0 Å².